The molecule has 0 aliphatic rings. The zero-order chi connectivity index (χ0) is 12.3. The van der Waals surface area contributed by atoms with Gasteiger partial charge in [-0.3, -0.25) is 4.68 Å². The quantitative estimate of drug-likeness (QED) is 0.761. The van der Waals surface area contributed by atoms with Gasteiger partial charge in [0.2, 0.25) is 0 Å². The van der Waals surface area contributed by atoms with E-state index >= 15 is 0 Å². The molecule has 0 bridgehead atoms. The Balaban J connectivity index is 2.22. The van der Waals surface area contributed by atoms with E-state index in [1.807, 2.05) is 0 Å². The van der Waals surface area contributed by atoms with Crippen LogP contribution in [0.15, 0.2) is 36.7 Å². The molecule has 1 aromatic carbocycles. The summed E-state index contributed by atoms with van der Waals surface area (Å²) in [5.41, 5.74) is 0.676. The zero-order valence-electron chi connectivity index (χ0n) is 9.26. The van der Waals surface area contributed by atoms with Crippen molar-refractivity contribution >= 4 is 5.97 Å². The summed E-state index contributed by atoms with van der Waals surface area (Å²) in [7, 11) is 1.22. The van der Waals surface area contributed by atoms with Gasteiger partial charge in [-0.15, -0.1) is 0 Å². The molecule has 0 radical (unpaired) electrons. The van der Waals surface area contributed by atoms with Crippen molar-refractivity contribution in [3.63, 3.8) is 0 Å². The predicted octanol–water partition coefficient (Wildman–Crippen LogP) is 1.86. The maximum atomic E-state index is 13.6. The van der Waals surface area contributed by atoms with E-state index in [-0.39, 0.29) is 5.56 Å². The summed E-state index contributed by atoms with van der Waals surface area (Å²) in [6.07, 6.45) is 3.44. The van der Waals surface area contributed by atoms with Crippen LogP contribution in [-0.2, 0) is 11.3 Å². The summed E-state index contributed by atoms with van der Waals surface area (Å²) >= 11 is 0. The van der Waals surface area contributed by atoms with Crippen molar-refractivity contribution in [3.05, 3.63) is 53.6 Å². The molecular weight excluding hydrogens is 223 g/mol. The lowest BCUT2D eigenvalue weighted by Gasteiger charge is -2.05. The van der Waals surface area contributed by atoms with E-state index in [4.69, 9.17) is 0 Å². The van der Waals surface area contributed by atoms with Gasteiger partial charge >= 0.3 is 5.97 Å². The first kappa shape index (κ1) is 11.3. The zero-order valence-corrected chi connectivity index (χ0v) is 9.26. The first-order chi connectivity index (χ1) is 8.20. The third-order valence-corrected chi connectivity index (χ3v) is 2.34. The van der Waals surface area contributed by atoms with E-state index < -0.39 is 11.8 Å². The second kappa shape index (κ2) is 4.78. The van der Waals surface area contributed by atoms with Crippen molar-refractivity contribution in [1.82, 2.24) is 9.78 Å². The molecule has 0 aliphatic carbocycles. The van der Waals surface area contributed by atoms with Gasteiger partial charge in [-0.2, -0.15) is 5.10 Å². The monoisotopic (exact) mass is 234 g/mol. The molecule has 2 aromatic rings. The summed E-state index contributed by atoms with van der Waals surface area (Å²) < 4.78 is 19.7. The third-order valence-electron chi connectivity index (χ3n) is 2.34. The van der Waals surface area contributed by atoms with E-state index in [0.29, 0.717) is 6.54 Å². The minimum atomic E-state index is -0.673. The molecule has 0 fully saturated rings. The number of hydrogen-bond donors (Lipinski definition) is 0. The maximum Gasteiger partial charge on any atom is 0.340 e. The maximum absolute atomic E-state index is 13.6. The molecule has 0 amide bonds. The number of benzene rings is 1. The minimum Gasteiger partial charge on any atom is -0.465 e. The van der Waals surface area contributed by atoms with Crippen molar-refractivity contribution in [2.45, 2.75) is 6.54 Å². The Morgan fingerprint density at radius 1 is 1.53 bits per heavy atom. The lowest BCUT2D eigenvalue weighted by Crippen LogP contribution is -2.06. The van der Waals surface area contributed by atoms with Crippen LogP contribution >= 0.6 is 0 Å². The van der Waals surface area contributed by atoms with Gasteiger partial charge in [0.05, 0.1) is 19.2 Å². The number of methoxy groups -OCH3 is 1. The fourth-order valence-corrected chi connectivity index (χ4v) is 1.51. The van der Waals surface area contributed by atoms with Gasteiger partial charge in [-0.05, 0) is 23.8 Å². The molecule has 17 heavy (non-hydrogen) atoms. The predicted molar refractivity (Wildman–Crippen MR) is 59.1 cm³/mol. The smallest absolute Gasteiger partial charge is 0.340 e. The van der Waals surface area contributed by atoms with Crippen molar-refractivity contribution in [3.8, 4) is 0 Å². The Hall–Kier alpha value is -2.17. The molecule has 0 saturated heterocycles. The molecular formula is C12H11FN2O2. The van der Waals surface area contributed by atoms with Gasteiger partial charge in [0.25, 0.3) is 0 Å². The molecule has 88 valence electrons. The van der Waals surface area contributed by atoms with E-state index in [9.17, 15) is 9.18 Å². The Kier molecular flexibility index (Phi) is 3.18. The van der Waals surface area contributed by atoms with E-state index in [2.05, 4.69) is 9.84 Å². The molecule has 0 atom stereocenters. The normalized spacial score (nSPS) is 10.2. The van der Waals surface area contributed by atoms with Gasteiger partial charge in [0.15, 0.2) is 0 Å². The van der Waals surface area contributed by atoms with Gasteiger partial charge in [-0.25, -0.2) is 9.18 Å². The number of carbonyl (C=O) groups is 1. The topological polar surface area (TPSA) is 44.1 Å². The first-order valence-corrected chi connectivity index (χ1v) is 5.05. The molecule has 0 unspecified atom stereocenters. The highest BCUT2D eigenvalue weighted by Crippen LogP contribution is 2.12. The number of hydrogen-bond acceptors (Lipinski definition) is 3. The van der Waals surface area contributed by atoms with Crippen LogP contribution in [0.4, 0.5) is 4.39 Å². The molecule has 5 heteroatoms. The average molecular weight is 234 g/mol. The van der Waals surface area contributed by atoms with Gasteiger partial charge < -0.3 is 4.74 Å². The fraction of sp³-hybridized carbons (Fsp3) is 0.167. The third kappa shape index (κ3) is 2.50. The van der Waals surface area contributed by atoms with Gasteiger partial charge in [-0.1, -0.05) is 6.07 Å². The second-order valence-electron chi connectivity index (χ2n) is 3.51. The number of ether oxygens (including phenoxy) is 1. The summed E-state index contributed by atoms with van der Waals surface area (Å²) in [6.45, 7) is 0.464. The number of esters is 1. The summed E-state index contributed by atoms with van der Waals surface area (Å²) in [5.74, 6) is -1.25. The second-order valence-corrected chi connectivity index (χ2v) is 3.51. The van der Waals surface area contributed by atoms with Crippen LogP contribution in [0.25, 0.3) is 0 Å². The van der Waals surface area contributed by atoms with Crippen LogP contribution in [0.2, 0.25) is 0 Å². The number of aromatic nitrogens is 2. The van der Waals surface area contributed by atoms with E-state index in [0.717, 1.165) is 5.56 Å². The van der Waals surface area contributed by atoms with E-state index in [1.165, 1.54) is 19.2 Å². The van der Waals surface area contributed by atoms with Crippen molar-refractivity contribution < 1.29 is 13.9 Å². The Morgan fingerprint density at radius 3 is 2.94 bits per heavy atom. The molecule has 2 rings (SSSR count). The number of carbonyl (C=O) groups excluding carboxylic acids is 1. The Labute approximate surface area is 97.6 Å². The van der Waals surface area contributed by atoms with Crippen LogP contribution < -0.4 is 0 Å². The highest BCUT2D eigenvalue weighted by Gasteiger charge is 2.12. The highest BCUT2D eigenvalue weighted by molar-refractivity contribution is 5.89. The average Bonchev–Trinajstić information content (AvgIpc) is 2.81. The van der Waals surface area contributed by atoms with Gasteiger partial charge in [0.1, 0.15) is 5.82 Å². The highest BCUT2D eigenvalue weighted by atomic mass is 19.1. The number of nitrogens with zero attached hydrogens (tertiary/aromatic N) is 2. The van der Waals surface area contributed by atoms with Crippen LogP contribution in [0.1, 0.15) is 15.9 Å². The summed E-state index contributed by atoms with van der Waals surface area (Å²) in [6, 6.07) is 6.20. The van der Waals surface area contributed by atoms with E-state index in [1.54, 1.807) is 29.2 Å². The molecule has 0 N–H and O–H groups in total. The molecule has 1 aromatic heterocycles. The molecule has 0 aliphatic heterocycles. The van der Waals surface area contributed by atoms with Gasteiger partial charge in [0, 0.05) is 12.4 Å². The molecule has 4 nitrogen and oxygen atoms in total. The van der Waals surface area contributed by atoms with Crippen LogP contribution in [-0.4, -0.2) is 22.9 Å². The Morgan fingerprint density at radius 2 is 2.35 bits per heavy atom. The largest absolute Gasteiger partial charge is 0.465 e. The SMILES string of the molecule is COC(=O)c1ccc(Cn2cccn2)cc1F. The lowest BCUT2D eigenvalue weighted by atomic mass is 10.1. The number of rotatable bonds is 3. The molecule has 0 saturated carbocycles. The summed E-state index contributed by atoms with van der Waals surface area (Å²) in [4.78, 5) is 11.2. The van der Waals surface area contributed by atoms with Crippen molar-refractivity contribution in [1.29, 1.82) is 0 Å². The first-order valence-electron chi connectivity index (χ1n) is 5.05. The van der Waals surface area contributed by atoms with Crippen LogP contribution in [0.3, 0.4) is 0 Å². The summed E-state index contributed by atoms with van der Waals surface area (Å²) in [5, 5.41) is 4.02. The lowest BCUT2D eigenvalue weighted by molar-refractivity contribution is 0.0595. The minimum absolute atomic E-state index is 0.0586. The Bertz CT molecular complexity index is 523. The molecule has 0 spiro atoms. The number of halogens is 1. The fourth-order valence-electron chi connectivity index (χ4n) is 1.51. The van der Waals surface area contributed by atoms with Crippen molar-refractivity contribution in [2.75, 3.05) is 7.11 Å². The molecule has 1 heterocycles. The van der Waals surface area contributed by atoms with Crippen LogP contribution in [0.5, 0.6) is 0 Å². The van der Waals surface area contributed by atoms with Crippen molar-refractivity contribution in [2.24, 2.45) is 0 Å². The van der Waals surface area contributed by atoms with Crippen LogP contribution in [0, 0.1) is 5.82 Å². The standard InChI is InChI=1S/C12H11FN2O2/c1-17-12(16)10-4-3-9(7-11(10)13)8-15-6-2-5-14-15/h2-7H,8H2,1H3.